The third-order valence-corrected chi connectivity index (χ3v) is 3.34. The normalized spacial score (nSPS) is 14.8. The highest BCUT2D eigenvalue weighted by Gasteiger charge is 2.30. The minimum atomic E-state index is -0.0390. The van der Waals surface area contributed by atoms with Crippen molar-refractivity contribution < 1.29 is 14.3 Å². The monoisotopic (exact) mass is 244 g/mol. The van der Waals surface area contributed by atoms with Crippen LogP contribution in [-0.4, -0.2) is 18.7 Å². The third kappa shape index (κ3) is 1.76. The van der Waals surface area contributed by atoms with Gasteiger partial charge in [-0.2, -0.15) is 0 Å². The van der Waals surface area contributed by atoms with Crippen LogP contribution in [0.1, 0.15) is 47.4 Å². The van der Waals surface area contributed by atoms with Crippen LogP contribution in [0, 0.1) is 0 Å². The molecule has 0 atom stereocenters. The zero-order valence-electron chi connectivity index (χ0n) is 10.9. The fourth-order valence-electron chi connectivity index (χ4n) is 2.38. The van der Waals surface area contributed by atoms with E-state index in [2.05, 4.69) is 0 Å². The first-order chi connectivity index (χ1) is 8.63. The zero-order valence-corrected chi connectivity index (χ0v) is 10.9. The Morgan fingerprint density at radius 2 is 1.50 bits per heavy atom. The largest absolute Gasteiger partial charge is 0.497 e. The molecule has 0 aromatic heterocycles. The number of carbonyl (C=O) groups is 2. The lowest BCUT2D eigenvalue weighted by Crippen LogP contribution is -2.21. The van der Waals surface area contributed by atoms with Gasteiger partial charge in [0.15, 0.2) is 11.6 Å². The van der Waals surface area contributed by atoms with Gasteiger partial charge in [0, 0.05) is 22.3 Å². The number of ether oxygens (including phenoxy) is 1. The molecule has 1 aliphatic rings. The standard InChI is InChI=1S/C15H16O3/c1-4-10-11(5-2)15(17)13-8-9(18-3)6-7-12(13)14(10)16/h6-8H,4-5H2,1-3H3. The van der Waals surface area contributed by atoms with E-state index in [4.69, 9.17) is 4.74 Å². The molecule has 0 saturated heterocycles. The van der Waals surface area contributed by atoms with Crippen LogP contribution in [0.3, 0.4) is 0 Å². The number of allylic oxidation sites excluding steroid dienone is 2. The number of fused-ring (bicyclic) bond motifs is 1. The first-order valence-electron chi connectivity index (χ1n) is 6.13. The molecule has 1 aromatic rings. The van der Waals surface area contributed by atoms with Gasteiger partial charge in [-0.3, -0.25) is 9.59 Å². The van der Waals surface area contributed by atoms with Gasteiger partial charge in [0.1, 0.15) is 5.75 Å². The van der Waals surface area contributed by atoms with Gasteiger partial charge < -0.3 is 4.74 Å². The molecule has 0 unspecified atom stereocenters. The van der Waals surface area contributed by atoms with Gasteiger partial charge >= 0.3 is 0 Å². The van der Waals surface area contributed by atoms with Crippen molar-refractivity contribution in [1.29, 1.82) is 0 Å². The van der Waals surface area contributed by atoms with Gasteiger partial charge in [-0.1, -0.05) is 13.8 Å². The molecule has 2 rings (SSSR count). The van der Waals surface area contributed by atoms with Crippen LogP contribution in [0.25, 0.3) is 0 Å². The Morgan fingerprint density at radius 3 is 2.00 bits per heavy atom. The molecule has 0 N–H and O–H groups in total. The molecule has 18 heavy (non-hydrogen) atoms. The summed E-state index contributed by atoms with van der Waals surface area (Å²) in [6.45, 7) is 3.81. The maximum absolute atomic E-state index is 12.4. The highest BCUT2D eigenvalue weighted by atomic mass is 16.5. The first kappa shape index (κ1) is 12.6. The smallest absolute Gasteiger partial charge is 0.190 e. The summed E-state index contributed by atoms with van der Waals surface area (Å²) in [6, 6.07) is 5.04. The first-order valence-corrected chi connectivity index (χ1v) is 6.13. The van der Waals surface area contributed by atoms with Crippen molar-refractivity contribution in [3.8, 4) is 5.75 Å². The highest BCUT2D eigenvalue weighted by Crippen LogP contribution is 2.31. The number of hydrogen-bond donors (Lipinski definition) is 0. The maximum atomic E-state index is 12.4. The average Bonchev–Trinajstić information content (AvgIpc) is 2.41. The SMILES string of the molecule is CCC1=C(CC)C(=O)c2cc(OC)ccc2C1=O. The van der Waals surface area contributed by atoms with Gasteiger partial charge in [-0.25, -0.2) is 0 Å². The lowest BCUT2D eigenvalue weighted by atomic mass is 9.82. The van der Waals surface area contributed by atoms with E-state index in [-0.39, 0.29) is 11.6 Å². The molecule has 0 spiro atoms. The average molecular weight is 244 g/mol. The van der Waals surface area contributed by atoms with Crippen LogP contribution in [0.2, 0.25) is 0 Å². The molecule has 3 heteroatoms. The van der Waals surface area contributed by atoms with Crippen LogP contribution in [0.5, 0.6) is 5.75 Å². The summed E-state index contributed by atoms with van der Waals surface area (Å²) in [5, 5.41) is 0. The number of methoxy groups -OCH3 is 1. The maximum Gasteiger partial charge on any atom is 0.190 e. The third-order valence-electron chi connectivity index (χ3n) is 3.34. The molecule has 0 heterocycles. The molecule has 0 radical (unpaired) electrons. The minimum Gasteiger partial charge on any atom is -0.497 e. The van der Waals surface area contributed by atoms with Crippen LogP contribution in [-0.2, 0) is 0 Å². The summed E-state index contributed by atoms with van der Waals surface area (Å²) in [5.41, 5.74) is 2.26. The van der Waals surface area contributed by atoms with E-state index in [1.165, 1.54) is 0 Å². The second kappa shape index (κ2) is 4.77. The van der Waals surface area contributed by atoms with E-state index in [1.54, 1.807) is 25.3 Å². The summed E-state index contributed by atoms with van der Waals surface area (Å²) in [4.78, 5) is 24.7. The van der Waals surface area contributed by atoms with Gasteiger partial charge in [0.25, 0.3) is 0 Å². The van der Waals surface area contributed by atoms with Gasteiger partial charge in [0.05, 0.1) is 7.11 Å². The van der Waals surface area contributed by atoms with Crippen LogP contribution < -0.4 is 4.74 Å². The van der Waals surface area contributed by atoms with Gasteiger partial charge in [-0.05, 0) is 31.0 Å². The lowest BCUT2D eigenvalue weighted by Gasteiger charge is -2.20. The number of benzene rings is 1. The Kier molecular flexibility index (Phi) is 3.32. The topological polar surface area (TPSA) is 43.4 Å². The Labute approximate surface area is 106 Å². The van der Waals surface area contributed by atoms with Crippen molar-refractivity contribution >= 4 is 11.6 Å². The van der Waals surface area contributed by atoms with Crippen molar-refractivity contribution in [1.82, 2.24) is 0 Å². The molecule has 1 aromatic carbocycles. The Bertz CT molecular complexity index is 553. The number of hydrogen-bond acceptors (Lipinski definition) is 3. The van der Waals surface area contributed by atoms with Gasteiger partial charge in [0.2, 0.25) is 0 Å². The number of ketones is 2. The predicted molar refractivity (Wildman–Crippen MR) is 69.3 cm³/mol. The van der Waals surface area contributed by atoms with E-state index in [1.807, 2.05) is 13.8 Å². The molecule has 0 saturated carbocycles. The van der Waals surface area contributed by atoms with E-state index in [0.717, 1.165) is 0 Å². The number of carbonyl (C=O) groups excluding carboxylic acids is 2. The summed E-state index contributed by atoms with van der Waals surface area (Å²) in [6.07, 6.45) is 1.18. The van der Waals surface area contributed by atoms with E-state index >= 15 is 0 Å². The second-order valence-corrected chi connectivity index (χ2v) is 4.23. The summed E-state index contributed by atoms with van der Waals surface area (Å²) >= 11 is 0. The van der Waals surface area contributed by atoms with E-state index in [9.17, 15) is 9.59 Å². The van der Waals surface area contributed by atoms with Crippen molar-refractivity contribution in [2.75, 3.05) is 7.11 Å². The molecule has 94 valence electrons. The van der Waals surface area contributed by atoms with E-state index < -0.39 is 0 Å². The van der Waals surface area contributed by atoms with Crippen LogP contribution in [0.4, 0.5) is 0 Å². The molecule has 0 bridgehead atoms. The van der Waals surface area contributed by atoms with Crippen molar-refractivity contribution in [2.45, 2.75) is 26.7 Å². The number of Topliss-reactive ketones (excluding diaryl/α,β-unsaturated/α-hetero) is 2. The fourth-order valence-corrected chi connectivity index (χ4v) is 2.38. The van der Waals surface area contributed by atoms with Crippen LogP contribution >= 0.6 is 0 Å². The zero-order chi connectivity index (χ0) is 13.3. The van der Waals surface area contributed by atoms with Crippen molar-refractivity contribution in [3.05, 3.63) is 40.5 Å². The quantitative estimate of drug-likeness (QED) is 0.820. The lowest BCUT2D eigenvalue weighted by molar-refractivity contribution is 0.0969. The van der Waals surface area contributed by atoms with Crippen molar-refractivity contribution in [3.63, 3.8) is 0 Å². The molecule has 0 aliphatic heterocycles. The molecule has 3 nitrogen and oxygen atoms in total. The second-order valence-electron chi connectivity index (χ2n) is 4.23. The highest BCUT2D eigenvalue weighted by molar-refractivity contribution is 6.27. The Hall–Kier alpha value is -1.90. The molecule has 1 aliphatic carbocycles. The fraction of sp³-hybridized carbons (Fsp3) is 0.333. The van der Waals surface area contributed by atoms with E-state index in [0.29, 0.717) is 40.9 Å². The molecule has 0 fully saturated rings. The summed E-state index contributed by atoms with van der Waals surface area (Å²) in [5.74, 6) is 0.541. The molecular weight excluding hydrogens is 228 g/mol. The molecular formula is C15H16O3. The van der Waals surface area contributed by atoms with Crippen molar-refractivity contribution in [2.24, 2.45) is 0 Å². The predicted octanol–water partition coefficient (Wildman–Crippen LogP) is 3.19. The summed E-state index contributed by atoms with van der Waals surface area (Å²) < 4.78 is 5.11. The van der Waals surface area contributed by atoms with Crippen LogP contribution in [0.15, 0.2) is 29.3 Å². The van der Waals surface area contributed by atoms with Gasteiger partial charge in [-0.15, -0.1) is 0 Å². The summed E-state index contributed by atoms with van der Waals surface area (Å²) in [7, 11) is 1.55. The molecule has 0 amide bonds. The Balaban J connectivity index is 2.64. The number of rotatable bonds is 3. The Morgan fingerprint density at radius 1 is 0.944 bits per heavy atom. The minimum absolute atomic E-state index is 0.0217.